The fourth-order valence-electron chi connectivity index (χ4n) is 2.33. The second-order valence-electron chi connectivity index (χ2n) is 5.91. The molecule has 3 rings (SSSR count). The summed E-state index contributed by atoms with van der Waals surface area (Å²) in [5, 5.41) is 3.94. The van der Waals surface area contributed by atoms with Gasteiger partial charge in [0.05, 0.1) is 4.90 Å². The van der Waals surface area contributed by atoms with Crippen LogP contribution in [0.25, 0.3) is 11.5 Å². The SMILES string of the molecule is Cc1ccc(-c2nc(CCN(C)S(=O)(=O)c3ccc(Br)cc3)no2)cc1. The first kappa shape index (κ1) is 18.8. The van der Waals surface area contributed by atoms with Gasteiger partial charge in [-0.25, -0.2) is 12.7 Å². The molecular formula is C18H18BrN3O3S. The van der Waals surface area contributed by atoms with E-state index in [9.17, 15) is 8.42 Å². The molecule has 0 aliphatic carbocycles. The number of hydrogen-bond donors (Lipinski definition) is 0. The molecule has 0 bridgehead atoms. The Balaban J connectivity index is 1.67. The molecule has 0 saturated heterocycles. The molecule has 3 aromatic rings. The van der Waals surface area contributed by atoms with Crippen molar-refractivity contribution in [1.82, 2.24) is 14.4 Å². The second-order valence-corrected chi connectivity index (χ2v) is 8.87. The predicted molar refractivity (Wildman–Crippen MR) is 102 cm³/mol. The maximum Gasteiger partial charge on any atom is 0.257 e. The molecule has 1 heterocycles. The number of aromatic nitrogens is 2. The number of aryl methyl sites for hydroxylation is 1. The minimum Gasteiger partial charge on any atom is -0.334 e. The van der Waals surface area contributed by atoms with Crippen LogP contribution < -0.4 is 0 Å². The maximum atomic E-state index is 12.6. The summed E-state index contributed by atoms with van der Waals surface area (Å²) in [6, 6.07) is 14.3. The van der Waals surface area contributed by atoms with Crippen molar-refractivity contribution in [1.29, 1.82) is 0 Å². The molecule has 0 spiro atoms. The normalized spacial score (nSPS) is 11.8. The summed E-state index contributed by atoms with van der Waals surface area (Å²) in [7, 11) is -2.01. The number of hydrogen-bond acceptors (Lipinski definition) is 5. The van der Waals surface area contributed by atoms with E-state index in [2.05, 4.69) is 26.1 Å². The molecular weight excluding hydrogens is 418 g/mol. The van der Waals surface area contributed by atoms with Crippen LogP contribution in [0, 0.1) is 6.92 Å². The molecule has 136 valence electrons. The molecule has 26 heavy (non-hydrogen) atoms. The molecule has 8 heteroatoms. The molecule has 1 aromatic heterocycles. The predicted octanol–water partition coefficient (Wildman–Crippen LogP) is 3.67. The lowest BCUT2D eigenvalue weighted by Crippen LogP contribution is -2.29. The molecule has 0 radical (unpaired) electrons. The lowest BCUT2D eigenvalue weighted by Gasteiger charge is -2.16. The summed E-state index contributed by atoms with van der Waals surface area (Å²) in [6.45, 7) is 2.26. The smallest absolute Gasteiger partial charge is 0.257 e. The average molecular weight is 436 g/mol. The third-order valence-corrected chi connectivity index (χ3v) is 6.34. The zero-order valence-electron chi connectivity index (χ0n) is 14.4. The van der Waals surface area contributed by atoms with Crippen LogP contribution in [-0.2, 0) is 16.4 Å². The van der Waals surface area contributed by atoms with E-state index in [4.69, 9.17) is 4.52 Å². The highest BCUT2D eigenvalue weighted by molar-refractivity contribution is 9.10. The molecule has 0 N–H and O–H groups in total. The van der Waals surface area contributed by atoms with Crippen molar-refractivity contribution >= 4 is 26.0 Å². The lowest BCUT2D eigenvalue weighted by molar-refractivity contribution is 0.415. The van der Waals surface area contributed by atoms with Gasteiger partial charge < -0.3 is 4.52 Å². The van der Waals surface area contributed by atoms with Crippen LogP contribution >= 0.6 is 15.9 Å². The van der Waals surface area contributed by atoms with Crippen molar-refractivity contribution in [2.75, 3.05) is 13.6 Å². The molecule has 6 nitrogen and oxygen atoms in total. The van der Waals surface area contributed by atoms with Crippen LogP contribution in [0.15, 0.2) is 62.4 Å². The maximum absolute atomic E-state index is 12.6. The van der Waals surface area contributed by atoms with E-state index in [0.717, 1.165) is 15.6 Å². The average Bonchev–Trinajstić information content (AvgIpc) is 3.09. The first-order chi connectivity index (χ1) is 12.4. The molecule has 0 aliphatic rings. The first-order valence-corrected chi connectivity index (χ1v) is 10.2. The molecule has 0 amide bonds. The van der Waals surface area contributed by atoms with Gasteiger partial charge >= 0.3 is 0 Å². The van der Waals surface area contributed by atoms with Gasteiger partial charge in [-0.3, -0.25) is 0 Å². The number of sulfonamides is 1. The summed E-state index contributed by atoms with van der Waals surface area (Å²) < 4.78 is 32.5. The van der Waals surface area contributed by atoms with E-state index < -0.39 is 10.0 Å². The summed E-state index contributed by atoms with van der Waals surface area (Å²) in [5.74, 6) is 0.900. The number of benzene rings is 2. The highest BCUT2D eigenvalue weighted by Crippen LogP contribution is 2.19. The van der Waals surface area contributed by atoms with E-state index >= 15 is 0 Å². The minimum absolute atomic E-state index is 0.247. The number of likely N-dealkylation sites (N-methyl/N-ethyl adjacent to an activating group) is 1. The van der Waals surface area contributed by atoms with Crippen LogP contribution in [-0.4, -0.2) is 36.5 Å². The summed E-state index contributed by atoms with van der Waals surface area (Å²) in [4.78, 5) is 4.59. The third kappa shape index (κ3) is 4.20. The van der Waals surface area contributed by atoms with Gasteiger partial charge in [0.1, 0.15) is 0 Å². The highest BCUT2D eigenvalue weighted by Gasteiger charge is 2.21. The molecule has 0 saturated carbocycles. The zero-order chi connectivity index (χ0) is 18.7. The number of nitrogens with zero attached hydrogens (tertiary/aromatic N) is 3. The Morgan fingerprint density at radius 3 is 2.38 bits per heavy atom. The van der Waals surface area contributed by atoms with Gasteiger partial charge in [-0.05, 0) is 43.3 Å². The largest absolute Gasteiger partial charge is 0.334 e. The topological polar surface area (TPSA) is 76.3 Å². The van der Waals surface area contributed by atoms with E-state index in [0.29, 0.717) is 18.1 Å². The van der Waals surface area contributed by atoms with Crippen LogP contribution in [0.1, 0.15) is 11.4 Å². The Labute approximate surface area is 161 Å². The second kappa shape index (κ2) is 7.69. The lowest BCUT2D eigenvalue weighted by atomic mass is 10.1. The Bertz CT molecular complexity index is 983. The molecule has 2 aromatic carbocycles. The van der Waals surface area contributed by atoms with Crippen LogP contribution in [0.5, 0.6) is 0 Å². The highest BCUT2D eigenvalue weighted by atomic mass is 79.9. The molecule has 0 fully saturated rings. The van der Waals surface area contributed by atoms with Gasteiger partial charge in [-0.15, -0.1) is 0 Å². The van der Waals surface area contributed by atoms with E-state index in [1.807, 2.05) is 31.2 Å². The quantitative estimate of drug-likeness (QED) is 0.590. The molecule has 0 unspecified atom stereocenters. The van der Waals surface area contributed by atoms with Gasteiger partial charge in [-0.1, -0.05) is 38.8 Å². The van der Waals surface area contributed by atoms with Gasteiger partial charge in [0.2, 0.25) is 10.0 Å². The minimum atomic E-state index is -3.55. The van der Waals surface area contributed by atoms with Crippen molar-refractivity contribution in [3.05, 3.63) is 64.4 Å². The van der Waals surface area contributed by atoms with Gasteiger partial charge in [0.15, 0.2) is 5.82 Å². The summed E-state index contributed by atoms with van der Waals surface area (Å²) in [5.41, 5.74) is 1.98. The van der Waals surface area contributed by atoms with Crippen molar-refractivity contribution in [2.24, 2.45) is 0 Å². The molecule has 0 aliphatic heterocycles. The van der Waals surface area contributed by atoms with E-state index in [1.165, 1.54) is 4.31 Å². The van der Waals surface area contributed by atoms with E-state index in [-0.39, 0.29) is 11.4 Å². The zero-order valence-corrected chi connectivity index (χ0v) is 16.8. The van der Waals surface area contributed by atoms with Crippen molar-refractivity contribution in [2.45, 2.75) is 18.2 Å². The van der Waals surface area contributed by atoms with Gasteiger partial charge in [0, 0.05) is 30.0 Å². The monoisotopic (exact) mass is 435 g/mol. The Morgan fingerprint density at radius 1 is 1.08 bits per heavy atom. The van der Waals surface area contributed by atoms with E-state index in [1.54, 1.807) is 31.3 Å². The fraction of sp³-hybridized carbons (Fsp3) is 0.222. The summed E-state index contributed by atoms with van der Waals surface area (Å²) >= 11 is 3.30. The van der Waals surface area contributed by atoms with Crippen molar-refractivity contribution in [3.63, 3.8) is 0 Å². The van der Waals surface area contributed by atoms with Gasteiger partial charge in [0.25, 0.3) is 5.89 Å². The van der Waals surface area contributed by atoms with Crippen LogP contribution in [0.2, 0.25) is 0 Å². The first-order valence-electron chi connectivity index (χ1n) is 7.98. The van der Waals surface area contributed by atoms with Gasteiger partial charge in [-0.2, -0.15) is 4.98 Å². The Morgan fingerprint density at radius 2 is 1.73 bits per heavy atom. The standard InChI is InChI=1S/C18H18BrN3O3S/c1-13-3-5-14(6-4-13)18-20-17(21-25-18)11-12-22(2)26(23,24)16-9-7-15(19)8-10-16/h3-10H,11-12H2,1-2H3. The number of halogens is 1. The van der Waals surface area contributed by atoms with Crippen molar-refractivity contribution in [3.8, 4) is 11.5 Å². The van der Waals surface area contributed by atoms with Crippen LogP contribution in [0.4, 0.5) is 0 Å². The Kier molecular flexibility index (Phi) is 5.55. The van der Waals surface area contributed by atoms with Crippen LogP contribution in [0.3, 0.4) is 0 Å². The molecule has 0 atom stereocenters. The number of rotatable bonds is 6. The summed E-state index contributed by atoms with van der Waals surface area (Å²) in [6.07, 6.45) is 0.363. The van der Waals surface area contributed by atoms with Crippen molar-refractivity contribution < 1.29 is 12.9 Å². The fourth-order valence-corrected chi connectivity index (χ4v) is 3.77. The Hall–Kier alpha value is -2.03. The third-order valence-electron chi connectivity index (χ3n) is 3.94.